The Morgan fingerprint density at radius 3 is 2.73 bits per heavy atom. The van der Waals surface area contributed by atoms with Gasteiger partial charge in [0, 0.05) is 31.2 Å². The molecule has 0 unspecified atom stereocenters. The van der Waals surface area contributed by atoms with Crippen LogP contribution >= 0.6 is 0 Å². The van der Waals surface area contributed by atoms with Crippen LogP contribution in [0, 0.1) is 12.8 Å². The molecule has 80 valence electrons. The first-order valence-corrected chi connectivity index (χ1v) is 5.18. The van der Waals surface area contributed by atoms with Crippen molar-refractivity contribution >= 4 is 5.91 Å². The van der Waals surface area contributed by atoms with E-state index in [-0.39, 0.29) is 18.4 Å². The van der Waals surface area contributed by atoms with E-state index in [0.29, 0.717) is 13.1 Å². The van der Waals surface area contributed by atoms with Crippen molar-refractivity contribution in [2.75, 3.05) is 19.7 Å². The predicted octanol–water partition coefficient (Wildman–Crippen LogP) is 1.06. The van der Waals surface area contributed by atoms with E-state index in [0.717, 1.165) is 11.1 Å². The number of likely N-dealkylation sites (tertiary alicyclic amines) is 1. The van der Waals surface area contributed by atoms with E-state index < -0.39 is 0 Å². The maximum absolute atomic E-state index is 12.0. The van der Waals surface area contributed by atoms with Gasteiger partial charge in [0.2, 0.25) is 0 Å². The van der Waals surface area contributed by atoms with Crippen molar-refractivity contribution in [3.63, 3.8) is 0 Å². The van der Waals surface area contributed by atoms with Gasteiger partial charge in [0.1, 0.15) is 0 Å². The molecule has 1 aliphatic rings. The normalized spacial score (nSPS) is 16.3. The number of aliphatic hydroxyl groups excluding tert-OH is 1. The second kappa shape index (κ2) is 4.03. The number of rotatable bonds is 2. The molecule has 0 spiro atoms. The van der Waals surface area contributed by atoms with E-state index in [1.165, 1.54) is 0 Å². The Labute approximate surface area is 89.3 Å². The molecule has 1 aliphatic heterocycles. The Morgan fingerprint density at radius 1 is 1.47 bits per heavy atom. The lowest BCUT2D eigenvalue weighted by atomic mass is 9.98. The highest BCUT2D eigenvalue weighted by Gasteiger charge is 2.30. The first kappa shape index (κ1) is 10.2. The topological polar surface area (TPSA) is 40.5 Å². The zero-order chi connectivity index (χ0) is 10.8. The molecular weight excluding hydrogens is 190 g/mol. The highest BCUT2D eigenvalue weighted by Crippen LogP contribution is 2.19. The summed E-state index contributed by atoms with van der Waals surface area (Å²) >= 11 is 0. The second-order valence-electron chi connectivity index (χ2n) is 4.07. The van der Waals surface area contributed by atoms with Crippen LogP contribution in [0.4, 0.5) is 0 Å². The maximum atomic E-state index is 12.0. The average molecular weight is 205 g/mol. The molecule has 1 aromatic carbocycles. The molecule has 0 bridgehead atoms. The van der Waals surface area contributed by atoms with Crippen LogP contribution in [0.1, 0.15) is 15.9 Å². The van der Waals surface area contributed by atoms with Crippen molar-refractivity contribution in [1.29, 1.82) is 0 Å². The van der Waals surface area contributed by atoms with Gasteiger partial charge >= 0.3 is 0 Å². The van der Waals surface area contributed by atoms with Crippen LogP contribution in [-0.2, 0) is 0 Å². The standard InChI is InChI=1S/C12H15NO2/c1-9-4-2-3-5-11(9)12(15)13-6-10(7-13)8-14/h2-5,10,14H,6-8H2,1H3. The lowest BCUT2D eigenvalue weighted by Gasteiger charge is -2.38. The van der Waals surface area contributed by atoms with Gasteiger partial charge in [-0.2, -0.15) is 0 Å². The molecule has 1 heterocycles. The summed E-state index contributed by atoms with van der Waals surface area (Å²) in [7, 11) is 0. The molecule has 15 heavy (non-hydrogen) atoms. The van der Waals surface area contributed by atoms with E-state index in [2.05, 4.69) is 0 Å². The lowest BCUT2D eigenvalue weighted by molar-refractivity contribution is 0.0361. The van der Waals surface area contributed by atoms with Gasteiger partial charge < -0.3 is 10.0 Å². The highest BCUT2D eigenvalue weighted by atomic mass is 16.3. The quantitative estimate of drug-likeness (QED) is 0.784. The third kappa shape index (κ3) is 1.88. The van der Waals surface area contributed by atoms with E-state index in [4.69, 9.17) is 5.11 Å². The number of benzene rings is 1. The second-order valence-corrected chi connectivity index (χ2v) is 4.07. The molecule has 0 atom stereocenters. The third-order valence-corrected chi connectivity index (χ3v) is 2.88. The van der Waals surface area contributed by atoms with Crippen molar-refractivity contribution < 1.29 is 9.90 Å². The van der Waals surface area contributed by atoms with Crippen LogP contribution in [0.25, 0.3) is 0 Å². The minimum atomic E-state index is 0.0813. The van der Waals surface area contributed by atoms with Crippen LogP contribution in [0.2, 0.25) is 0 Å². The van der Waals surface area contributed by atoms with Gasteiger partial charge in [-0.25, -0.2) is 0 Å². The Morgan fingerprint density at radius 2 is 2.13 bits per heavy atom. The van der Waals surface area contributed by atoms with E-state index in [1.807, 2.05) is 31.2 Å². The van der Waals surface area contributed by atoms with Crippen LogP contribution in [0.5, 0.6) is 0 Å². The Kier molecular flexibility index (Phi) is 2.73. The van der Waals surface area contributed by atoms with E-state index >= 15 is 0 Å². The van der Waals surface area contributed by atoms with Gasteiger partial charge in [-0.1, -0.05) is 18.2 Å². The molecule has 0 aliphatic carbocycles. The first-order chi connectivity index (χ1) is 7.22. The van der Waals surface area contributed by atoms with Crippen LogP contribution < -0.4 is 0 Å². The molecule has 2 rings (SSSR count). The van der Waals surface area contributed by atoms with Crippen LogP contribution in [0.15, 0.2) is 24.3 Å². The highest BCUT2D eigenvalue weighted by molar-refractivity contribution is 5.96. The molecule has 1 saturated heterocycles. The van der Waals surface area contributed by atoms with E-state index in [9.17, 15) is 4.79 Å². The van der Waals surface area contributed by atoms with Crippen molar-refractivity contribution in [3.8, 4) is 0 Å². The van der Waals surface area contributed by atoms with Gasteiger partial charge in [-0.3, -0.25) is 4.79 Å². The number of carbonyl (C=O) groups excluding carboxylic acids is 1. The summed E-state index contributed by atoms with van der Waals surface area (Å²) in [5, 5.41) is 8.87. The number of nitrogens with zero attached hydrogens (tertiary/aromatic N) is 1. The summed E-state index contributed by atoms with van der Waals surface area (Å²) < 4.78 is 0. The van der Waals surface area contributed by atoms with Crippen molar-refractivity contribution in [3.05, 3.63) is 35.4 Å². The SMILES string of the molecule is Cc1ccccc1C(=O)N1CC(CO)C1. The Bertz CT molecular complexity index is 370. The Hall–Kier alpha value is -1.35. The summed E-state index contributed by atoms with van der Waals surface area (Å²) in [5.74, 6) is 0.357. The van der Waals surface area contributed by atoms with Crippen molar-refractivity contribution in [2.24, 2.45) is 5.92 Å². The molecule has 0 radical (unpaired) electrons. The smallest absolute Gasteiger partial charge is 0.254 e. The van der Waals surface area contributed by atoms with Crippen molar-refractivity contribution in [1.82, 2.24) is 4.90 Å². The zero-order valence-corrected chi connectivity index (χ0v) is 8.81. The van der Waals surface area contributed by atoms with Crippen LogP contribution in [-0.4, -0.2) is 35.6 Å². The molecular formula is C12H15NO2. The van der Waals surface area contributed by atoms with Crippen molar-refractivity contribution in [2.45, 2.75) is 6.92 Å². The largest absolute Gasteiger partial charge is 0.396 e. The monoisotopic (exact) mass is 205 g/mol. The third-order valence-electron chi connectivity index (χ3n) is 2.88. The summed E-state index contributed by atoms with van der Waals surface area (Å²) in [6.07, 6.45) is 0. The Balaban J connectivity index is 2.07. The lowest BCUT2D eigenvalue weighted by Crippen LogP contribution is -2.51. The molecule has 1 N–H and O–H groups in total. The van der Waals surface area contributed by atoms with Gasteiger partial charge in [-0.15, -0.1) is 0 Å². The fraction of sp³-hybridized carbons (Fsp3) is 0.417. The minimum absolute atomic E-state index is 0.0813. The summed E-state index contributed by atoms with van der Waals surface area (Å²) in [6.45, 7) is 3.49. The van der Waals surface area contributed by atoms with Gasteiger partial charge in [0.25, 0.3) is 5.91 Å². The molecule has 3 heteroatoms. The summed E-state index contributed by atoms with van der Waals surface area (Å²) in [5.41, 5.74) is 1.78. The maximum Gasteiger partial charge on any atom is 0.254 e. The first-order valence-electron chi connectivity index (χ1n) is 5.18. The van der Waals surface area contributed by atoms with Gasteiger partial charge in [0.05, 0.1) is 0 Å². The number of carbonyl (C=O) groups is 1. The van der Waals surface area contributed by atoms with Gasteiger partial charge in [0.15, 0.2) is 0 Å². The van der Waals surface area contributed by atoms with E-state index in [1.54, 1.807) is 4.90 Å². The molecule has 3 nitrogen and oxygen atoms in total. The minimum Gasteiger partial charge on any atom is -0.396 e. The number of aliphatic hydroxyl groups is 1. The average Bonchev–Trinajstić information content (AvgIpc) is 2.16. The molecule has 0 saturated carbocycles. The number of hydrogen-bond donors (Lipinski definition) is 1. The zero-order valence-electron chi connectivity index (χ0n) is 8.81. The van der Waals surface area contributed by atoms with Gasteiger partial charge in [-0.05, 0) is 18.6 Å². The molecule has 0 aromatic heterocycles. The predicted molar refractivity (Wildman–Crippen MR) is 57.7 cm³/mol. The summed E-state index contributed by atoms with van der Waals surface area (Å²) in [4.78, 5) is 13.7. The number of aryl methyl sites for hydroxylation is 1. The number of hydrogen-bond acceptors (Lipinski definition) is 2. The van der Waals surface area contributed by atoms with Crippen LogP contribution in [0.3, 0.4) is 0 Å². The number of amides is 1. The molecule has 1 amide bonds. The molecule has 1 aromatic rings. The fourth-order valence-electron chi connectivity index (χ4n) is 1.83. The fourth-order valence-corrected chi connectivity index (χ4v) is 1.83. The summed E-state index contributed by atoms with van der Waals surface area (Å²) in [6, 6.07) is 7.60. The molecule has 1 fully saturated rings.